The molecule has 0 aliphatic carbocycles. The van der Waals surface area contributed by atoms with Crippen molar-refractivity contribution in [1.82, 2.24) is 0 Å². The summed E-state index contributed by atoms with van der Waals surface area (Å²) in [6, 6.07) is 13.8. The average molecular weight is 299 g/mol. The van der Waals surface area contributed by atoms with E-state index in [2.05, 4.69) is 43.1 Å². The van der Waals surface area contributed by atoms with Gasteiger partial charge in [-0.2, -0.15) is 0 Å². The maximum absolute atomic E-state index is 8.94. The Morgan fingerprint density at radius 2 is 1.90 bits per heavy atom. The molecule has 2 aromatic rings. The molecule has 0 spiro atoms. The Hall–Kier alpha value is -1.99. The SMILES string of the molecule is CCCCOc1ccc([N+]#N)cc1Sc1ccc(C)cc1. The molecule has 0 atom stereocenters. The minimum absolute atomic E-state index is 0.535. The maximum Gasteiger partial charge on any atom is 0.386 e. The van der Waals surface area contributed by atoms with Crippen LogP contribution in [0.15, 0.2) is 52.3 Å². The van der Waals surface area contributed by atoms with Gasteiger partial charge in [0.1, 0.15) is 5.75 Å². The third-order valence-electron chi connectivity index (χ3n) is 3.05. The monoisotopic (exact) mass is 299 g/mol. The van der Waals surface area contributed by atoms with E-state index in [0.29, 0.717) is 12.3 Å². The summed E-state index contributed by atoms with van der Waals surface area (Å²) in [5.41, 5.74) is 1.77. The van der Waals surface area contributed by atoms with Crippen molar-refractivity contribution in [1.29, 1.82) is 5.39 Å². The van der Waals surface area contributed by atoms with Gasteiger partial charge in [0.15, 0.2) is 4.98 Å². The highest BCUT2D eigenvalue weighted by Gasteiger charge is 2.13. The Morgan fingerprint density at radius 3 is 2.57 bits per heavy atom. The Balaban J connectivity index is 2.21. The van der Waals surface area contributed by atoms with Crippen molar-refractivity contribution in [2.45, 2.75) is 36.5 Å². The Labute approximate surface area is 130 Å². The standard InChI is InChI=1S/C17H19N2OS/c1-3-4-11-20-16-10-7-14(19-18)12-17(16)21-15-8-5-13(2)6-9-15/h5-10,12H,3-4,11H2,1-2H3/q+1. The topological polar surface area (TPSA) is 37.4 Å². The molecule has 0 amide bonds. The van der Waals surface area contributed by atoms with Gasteiger partial charge in [0, 0.05) is 11.0 Å². The molecule has 0 aromatic heterocycles. The fraction of sp³-hybridized carbons (Fsp3) is 0.294. The molecule has 3 nitrogen and oxygen atoms in total. The fourth-order valence-corrected chi connectivity index (χ4v) is 2.75. The van der Waals surface area contributed by atoms with Gasteiger partial charge in [-0.15, -0.1) is 0 Å². The van der Waals surface area contributed by atoms with Crippen molar-refractivity contribution >= 4 is 17.4 Å². The fourth-order valence-electron chi connectivity index (χ4n) is 1.82. The zero-order valence-corrected chi connectivity index (χ0v) is 13.2. The number of rotatable bonds is 6. The van der Waals surface area contributed by atoms with Crippen molar-refractivity contribution in [3.05, 3.63) is 53.0 Å². The summed E-state index contributed by atoms with van der Waals surface area (Å²) in [5, 5.41) is 8.94. The Morgan fingerprint density at radius 1 is 1.14 bits per heavy atom. The molecule has 0 unspecified atom stereocenters. The molecule has 0 saturated carbocycles. The molecule has 108 valence electrons. The molecule has 2 aromatic carbocycles. The summed E-state index contributed by atoms with van der Waals surface area (Å²) in [5.74, 6) is 0.835. The predicted molar refractivity (Wildman–Crippen MR) is 86.9 cm³/mol. The first-order chi connectivity index (χ1) is 10.2. The van der Waals surface area contributed by atoms with Crippen molar-refractivity contribution in [3.63, 3.8) is 0 Å². The predicted octanol–water partition coefficient (Wildman–Crippen LogP) is 5.81. The number of hydrogen-bond acceptors (Lipinski definition) is 3. The third kappa shape index (κ3) is 4.51. The van der Waals surface area contributed by atoms with E-state index < -0.39 is 0 Å². The minimum atomic E-state index is 0.535. The molecule has 2 rings (SSSR count). The van der Waals surface area contributed by atoms with Gasteiger partial charge in [0.2, 0.25) is 5.39 Å². The lowest BCUT2D eigenvalue weighted by Crippen LogP contribution is -1.97. The molecular formula is C17H19N2OS+. The average Bonchev–Trinajstić information content (AvgIpc) is 2.51. The lowest BCUT2D eigenvalue weighted by atomic mass is 10.2. The van der Waals surface area contributed by atoms with Crippen LogP contribution in [0.2, 0.25) is 0 Å². The van der Waals surface area contributed by atoms with Crippen LogP contribution in [0.1, 0.15) is 25.3 Å². The first-order valence-corrected chi connectivity index (χ1v) is 7.91. The van der Waals surface area contributed by atoms with Crippen LogP contribution in [0.5, 0.6) is 5.75 Å². The van der Waals surface area contributed by atoms with E-state index in [-0.39, 0.29) is 0 Å². The molecule has 4 heteroatoms. The molecule has 21 heavy (non-hydrogen) atoms. The normalized spacial score (nSPS) is 10.1. The van der Waals surface area contributed by atoms with Gasteiger partial charge in [-0.25, -0.2) is 0 Å². The molecule has 0 saturated heterocycles. The number of nitrogens with zero attached hydrogens (tertiary/aromatic N) is 2. The molecule has 0 fully saturated rings. The zero-order valence-electron chi connectivity index (χ0n) is 12.4. The Kier molecular flexibility index (Phi) is 5.65. The van der Waals surface area contributed by atoms with E-state index in [0.717, 1.165) is 28.4 Å². The number of benzene rings is 2. The summed E-state index contributed by atoms with van der Waals surface area (Å²) in [6.07, 6.45) is 2.13. The second-order valence-electron chi connectivity index (χ2n) is 4.85. The number of unbranched alkanes of at least 4 members (excludes halogenated alkanes) is 1. The summed E-state index contributed by atoms with van der Waals surface area (Å²) < 4.78 is 5.83. The van der Waals surface area contributed by atoms with Crippen LogP contribution < -0.4 is 4.74 Å². The van der Waals surface area contributed by atoms with Gasteiger partial charge >= 0.3 is 5.69 Å². The third-order valence-corrected chi connectivity index (χ3v) is 4.09. The van der Waals surface area contributed by atoms with E-state index in [1.807, 2.05) is 12.1 Å². The van der Waals surface area contributed by atoms with Crippen LogP contribution in [0, 0.1) is 12.3 Å². The molecule has 0 N–H and O–H groups in total. The molecule has 0 aliphatic heterocycles. The smallest absolute Gasteiger partial charge is 0.386 e. The van der Waals surface area contributed by atoms with Crippen LogP contribution in [0.25, 0.3) is 4.98 Å². The maximum atomic E-state index is 8.94. The quantitative estimate of drug-likeness (QED) is 0.499. The van der Waals surface area contributed by atoms with E-state index in [9.17, 15) is 0 Å². The van der Waals surface area contributed by atoms with Gasteiger partial charge in [-0.1, -0.05) is 42.8 Å². The molecular weight excluding hydrogens is 280 g/mol. The highest BCUT2D eigenvalue weighted by molar-refractivity contribution is 7.99. The van der Waals surface area contributed by atoms with E-state index in [1.165, 1.54) is 5.56 Å². The lowest BCUT2D eigenvalue weighted by Gasteiger charge is -2.10. The second kappa shape index (κ2) is 7.70. The molecule has 0 heterocycles. The van der Waals surface area contributed by atoms with Crippen molar-refractivity contribution in [2.75, 3.05) is 6.61 Å². The summed E-state index contributed by atoms with van der Waals surface area (Å²) in [7, 11) is 0. The van der Waals surface area contributed by atoms with Gasteiger partial charge in [0.05, 0.1) is 17.6 Å². The first kappa shape index (κ1) is 15.4. The van der Waals surface area contributed by atoms with Gasteiger partial charge < -0.3 is 4.74 Å². The van der Waals surface area contributed by atoms with Crippen LogP contribution in [-0.2, 0) is 0 Å². The zero-order chi connectivity index (χ0) is 15.1. The van der Waals surface area contributed by atoms with Crippen LogP contribution in [0.3, 0.4) is 0 Å². The lowest BCUT2D eigenvalue weighted by molar-refractivity contribution is 0.302. The van der Waals surface area contributed by atoms with Crippen LogP contribution >= 0.6 is 11.8 Å². The number of aryl methyl sites for hydroxylation is 1. The number of diazo groups is 1. The summed E-state index contributed by atoms with van der Waals surface area (Å²) in [6.45, 7) is 4.91. The van der Waals surface area contributed by atoms with E-state index in [4.69, 9.17) is 10.1 Å². The molecule has 0 aliphatic rings. The van der Waals surface area contributed by atoms with Gasteiger partial charge in [-0.3, -0.25) is 0 Å². The van der Waals surface area contributed by atoms with Gasteiger partial charge in [0.25, 0.3) is 0 Å². The number of hydrogen-bond donors (Lipinski definition) is 0. The van der Waals surface area contributed by atoms with Gasteiger partial charge in [-0.05, 0) is 31.5 Å². The molecule has 0 bridgehead atoms. The Bertz CT molecular complexity index is 632. The molecule has 0 radical (unpaired) electrons. The highest BCUT2D eigenvalue weighted by Crippen LogP contribution is 2.37. The van der Waals surface area contributed by atoms with Crippen molar-refractivity contribution in [3.8, 4) is 5.75 Å². The first-order valence-electron chi connectivity index (χ1n) is 7.09. The van der Waals surface area contributed by atoms with Crippen LogP contribution in [0.4, 0.5) is 5.69 Å². The minimum Gasteiger partial charge on any atom is -0.492 e. The number of ether oxygens (including phenoxy) is 1. The summed E-state index contributed by atoms with van der Waals surface area (Å²) >= 11 is 1.61. The largest absolute Gasteiger partial charge is 0.492 e. The van der Waals surface area contributed by atoms with Crippen molar-refractivity contribution in [2.24, 2.45) is 0 Å². The second-order valence-corrected chi connectivity index (χ2v) is 5.96. The summed E-state index contributed by atoms with van der Waals surface area (Å²) in [4.78, 5) is 5.35. The highest BCUT2D eigenvalue weighted by atomic mass is 32.2. The van der Waals surface area contributed by atoms with E-state index >= 15 is 0 Å². The van der Waals surface area contributed by atoms with Crippen molar-refractivity contribution < 1.29 is 4.74 Å². The van der Waals surface area contributed by atoms with Crippen LogP contribution in [-0.4, -0.2) is 6.61 Å². The van der Waals surface area contributed by atoms with E-state index in [1.54, 1.807) is 17.8 Å².